The number of para-hydroxylation sites is 2. The Morgan fingerprint density at radius 1 is 0.429 bits per heavy atom. The van der Waals surface area contributed by atoms with E-state index in [9.17, 15) is 0 Å². The average molecular weight is 644 g/mol. The number of rotatable bonds is 5. The molecule has 0 bridgehead atoms. The molecule has 0 aliphatic carbocycles. The quantitative estimate of drug-likeness (QED) is 0.186. The highest BCUT2D eigenvalue weighted by molar-refractivity contribution is 7.26. The number of hydrogen-bond acceptors (Lipinski definition) is 3. The van der Waals surface area contributed by atoms with Crippen LogP contribution >= 0.6 is 11.3 Å². The van der Waals surface area contributed by atoms with Crippen LogP contribution in [0.5, 0.6) is 0 Å². The summed E-state index contributed by atoms with van der Waals surface area (Å²) in [4.78, 5) is 2.40. The monoisotopic (exact) mass is 643 g/mol. The molecule has 10 aromatic rings. The molecule has 0 N–H and O–H groups in total. The Morgan fingerprint density at radius 3 is 2.00 bits per heavy atom. The Morgan fingerprint density at radius 2 is 1.10 bits per heavy atom. The minimum absolute atomic E-state index is 0.904. The lowest BCUT2D eigenvalue weighted by atomic mass is 9.99. The number of thiophene rings is 1. The molecule has 0 radical (unpaired) electrons. The van der Waals surface area contributed by atoms with Crippen LogP contribution in [0.25, 0.3) is 75.1 Å². The molecule has 0 aliphatic rings. The molecular formula is C46H29NOS. The first-order chi connectivity index (χ1) is 24.3. The van der Waals surface area contributed by atoms with Crippen molar-refractivity contribution in [2.45, 2.75) is 0 Å². The first-order valence-electron chi connectivity index (χ1n) is 16.6. The highest BCUT2D eigenvalue weighted by Crippen LogP contribution is 2.45. The topological polar surface area (TPSA) is 16.4 Å². The van der Waals surface area contributed by atoms with Crippen LogP contribution in [-0.2, 0) is 0 Å². The van der Waals surface area contributed by atoms with Gasteiger partial charge in [0.1, 0.15) is 11.2 Å². The van der Waals surface area contributed by atoms with Crippen LogP contribution < -0.4 is 4.90 Å². The van der Waals surface area contributed by atoms with Crippen LogP contribution in [0.4, 0.5) is 17.1 Å². The maximum absolute atomic E-state index is 6.30. The Labute approximate surface area is 287 Å². The molecular weight excluding hydrogens is 615 g/mol. The number of nitrogens with zero attached hydrogens (tertiary/aromatic N) is 1. The molecule has 0 atom stereocenters. The molecule has 0 spiro atoms. The number of fused-ring (bicyclic) bond motifs is 8. The number of anilines is 3. The van der Waals surface area contributed by atoms with Crippen LogP contribution in [0.15, 0.2) is 180 Å². The molecule has 2 nitrogen and oxygen atoms in total. The van der Waals surface area contributed by atoms with E-state index in [0.717, 1.165) is 39.0 Å². The van der Waals surface area contributed by atoms with Gasteiger partial charge >= 0.3 is 0 Å². The molecule has 0 amide bonds. The van der Waals surface area contributed by atoms with Crippen molar-refractivity contribution in [2.75, 3.05) is 4.90 Å². The zero-order valence-electron chi connectivity index (χ0n) is 26.5. The van der Waals surface area contributed by atoms with Crippen molar-refractivity contribution in [1.29, 1.82) is 0 Å². The fourth-order valence-electron chi connectivity index (χ4n) is 7.39. The number of benzene rings is 8. The first-order valence-corrected chi connectivity index (χ1v) is 17.4. The fraction of sp³-hybridized carbons (Fsp3) is 0. The zero-order valence-corrected chi connectivity index (χ0v) is 27.3. The van der Waals surface area contributed by atoms with Crippen LogP contribution in [0.1, 0.15) is 0 Å². The second kappa shape index (κ2) is 11.2. The highest BCUT2D eigenvalue weighted by Gasteiger charge is 2.19. The van der Waals surface area contributed by atoms with E-state index in [1.54, 1.807) is 0 Å². The summed E-state index contributed by atoms with van der Waals surface area (Å²) in [6.45, 7) is 0. The van der Waals surface area contributed by atoms with E-state index in [4.69, 9.17) is 4.42 Å². The first kappa shape index (κ1) is 27.9. The molecule has 2 heterocycles. The zero-order chi connectivity index (χ0) is 32.3. The Kier molecular flexibility index (Phi) is 6.39. The molecule has 0 saturated carbocycles. The van der Waals surface area contributed by atoms with Crippen LogP contribution in [0, 0.1) is 0 Å². The molecule has 0 fully saturated rings. The van der Waals surface area contributed by atoms with Gasteiger partial charge in [0, 0.05) is 47.9 Å². The van der Waals surface area contributed by atoms with Gasteiger partial charge in [-0.05, 0) is 76.0 Å². The van der Waals surface area contributed by atoms with E-state index in [2.05, 4.69) is 169 Å². The van der Waals surface area contributed by atoms with Crippen molar-refractivity contribution in [2.24, 2.45) is 0 Å². The van der Waals surface area contributed by atoms with Gasteiger partial charge < -0.3 is 9.32 Å². The van der Waals surface area contributed by atoms with Crippen molar-refractivity contribution in [3.63, 3.8) is 0 Å². The highest BCUT2D eigenvalue weighted by atomic mass is 32.1. The summed E-state index contributed by atoms with van der Waals surface area (Å²) in [5, 5.41) is 7.28. The molecule has 3 heteroatoms. The minimum Gasteiger partial charge on any atom is -0.456 e. The summed E-state index contributed by atoms with van der Waals surface area (Å²) in [7, 11) is 0. The van der Waals surface area contributed by atoms with E-state index in [0.29, 0.717) is 0 Å². The second-order valence-electron chi connectivity index (χ2n) is 12.5. The average Bonchev–Trinajstić information content (AvgIpc) is 3.75. The van der Waals surface area contributed by atoms with Gasteiger partial charge in [0.2, 0.25) is 0 Å². The minimum atomic E-state index is 0.904. The van der Waals surface area contributed by atoms with Gasteiger partial charge in [0.25, 0.3) is 0 Å². The summed E-state index contributed by atoms with van der Waals surface area (Å²) >= 11 is 1.87. The van der Waals surface area contributed by atoms with Crippen LogP contribution in [-0.4, -0.2) is 0 Å². The summed E-state index contributed by atoms with van der Waals surface area (Å²) in [6, 6.07) is 63.2. The van der Waals surface area contributed by atoms with Crippen molar-refractivity contribution in [3.05, 3.63) is 176 Å². The Bertz CT molecular complexity index is 2830. The van der Waals surface area contributed by atoms with E-state index in [1.807, 2.05) is 23.5 Å². The van der Waals surface area contributed by atoms with E-state index < -0.39 is 0 Å². The molecule has 49 heavy (non-hydrogen) atoms. The fourth-order valence-corrected chi connectivity index (χ4v) is 8.63. The lowest BCUT2D eigenvalue weighted by Crippen LogP contribution is -2.11. The third kappa shape index (κ3) is 4.55. The SMILES string of the molecule is c1ccc(-c2ccccc2N(c2ccc(-c3cccc4c3sc3ccccc34)cc2)c2ccc3ccc4oc5ccccc5c4c3c2)cc1. The molecule has 230 valence electrons. The van der Waals surface area contributed by atoms with E-state index in [1.165, 1.54) is 53.2 Å². The predicted octanol–water partition coefficient (Wildman–Crippen LogP) is 13.9. The molecule has 8 aromatic carbocycles. The Balaban J connectivity index is 1.18. The molecule has 0 unspecified atom stereocenters. The summed E-state index contributed by atoms with van der Waals surface area (Å²) in [5.41, 5.74) is 9.95. The molecule has 10 rings (SSSR count). The van der Waals surface area contributed by atoms with E-state index >= 15 is 0 Å². The predicted molar refractivity (Wildman–Crippen MR) is 210 cm³/mol. The maximum Gasteiger partial charge on any atom is 0.136 e. The van der Waals surface area contributed by atoms with E-state index in [-0.39, 0.29) is 0 Å². The molecule has 2 aromatic heterocycles. The van der Waals surface area contributed by atoms with Crippen molar-refractivity contribution < 1.29 is 4.42 Å². The maximum atomic E-state index is 6.30. The van der Waals surface area contributed by atoms with Crippen LogP contribution in [0.3, 0.4) is 0 Å². The van der Waals surface area contributed by atoms with Gasteiger partial charge in [0.05, 0.1) is 5.69 Å². The summed E-state index contributed by atoms with van der Waals surface area (Å²) in [6.07, 6.45) is 0. The van der Waals surface area contributed by atoms with Gasteiger partial charge in [-0.2, -0.15) is 0 Å². The van der Waals surface area contributed by atoms with Gasteiger partial charge in [-0.3, -0.25) is 0 Å². The largest absolute Gasteiger partial charge is 0.456 e. The van der Waals surface area contributed by atoms with Gasteiger partial charge in [-0.15, -0.1) is 11.3 Å². The lowest BCUT2D eigenvalue weighted by Gasteiger charge is -2.28. The van der Waals surface area contributed by atoms with Gasteiger partial charge in [-0.25, -0.2) is 0 Å². The van der Waals surface area contributed by atoms with Crippen molar-refractivity contribution >= 4 is 81.3 Å². The third-order valence-electron chi connectivity index (χ3n) is 9.67. The second-order valence-corrected chi connectivity index (χ2v) is 13.5. The van der Waals surface area contributed by atoms with Crippen molar-refractivity contribution in [3.8, 4) is 22.3 Å². The Hall–Kier alpha value is -6.16. The summed E-state index contributed by atoms with van der Waals surface area (Å²) in [5.74, 6) is 0. The lowest BCUT2D eigenvalue weighted by molar-refractivity contribution is 0.669. The van der Waals surface area contributed by atoms with Crippen molar-refractivity contribution in [1.82, 2.24) is 0 Å². The molecule has 0 aliphatic heterocycles. The number of hydrogen-bond donors (Lipinski definition) is 0. The third-order valence-corrected chi connectivity index (χ3v) is 10.9. The van der Waals surface area contributed by atoms with Crippen LogP contribution in [0.2, 0.25) is 0 Å². The smallest absolute Gasteiger partial charge is 0.136 e. The number of furan rings is 1. The van der Waals surface area contributed by atoms with Gasteiger partial charge in [0.15, 0.2) is 0 Å². The standard InChI is InChI=1S/C46H29NOS/c1-2-11-30(12-3-1)35-13-4-7-18-41(35)47(34-27-23-32-24-28-43-45(40(32)29-34)39-15-5-8-19-42(39)48-43)33-25-21-31(22-26-33)36-16-10-17-38-37-14-6-9-20-44(37)49-46(36)38/h1-29H. The normalized spacial score (nSPS) is 11.7. The summed E-state index contributed by atoms with van der Waals surface area (Å²) < 4.78 is 8.95. The molecule has 0 saturated heterocycles. The van der Waals surface area contributed by atoms with Gasteiger partial charge in [-0.1, -0.05) is 127 Å².